The summed E-state index contributed by atoms with van der Waals surface area (Å²) in [4.78, 5) is 24.6. The van der Waals surface area contributed by atoms with E-state index in [9.17, 15) is 9.59 Å². The summed E-state index contributed by atoms with van der Waals surface area (Å²) in [5.41, 5.74) is 0.278. The van der Waals surface area contributed by atoms with Crippen LogP contribution in [0.2, 0.25) is 0 Å². The van der Waals surface area contributed by atoms with Gasteiger partial charge in [-0.05, 0) is 67.6 Å². The molecule has 122 valence electrons. The van der Waals surface area contributed by atoms with Crippen molar-refractivity contribution in [2.24, 2.45) is 34.5 Å². The van der Waals surface area contributed by atoms with E-state index in [4.69, 9.17) is 0 Å². The second-order valence-electron chi connectivity index (χ2n) is 8.85. The van der Waals surface area contributed by atoms with Crippen LogP contribution in [0.15, 0.2) is 0 Å². The van der Waals surface area contributed by atoms with Crippen LogP contribution in [0.3, 0.4) is 0 Å². The number of fused-ring (bicyclic) bond motifs is 5. The Morgan fingerprint density at radius 2 is 1.68 bits per heavy atom. The molecule has 0 heterocycles. The lowest BCUT2D eigenvalue weighted by atomic mass is 9.45. The fourth-order valence-corrected chi connectivity index (χ4v) is 7.96. The van der Waals surface area contributed by atoms with E-state index in [1.54, 1.807) is 0 Å². The predicted octanol–water partition coefficient (Wildman–Crippen LogP) is 4.54. The van der Waals surface area contributed by atoms with Gasteiger partial charge in [-0.3, -0.25) is 9.59 Å². The van der Waals surface area contributed by atoms with Crippen molar-refractivity contribution in [3.63, 3.8) is 0 Å². The Hall–Kier alpha value is -0.180. The molecule has 3 heteroatoms. The average molecular weight is 367 g/mol. The van der Waals surface area contributed by atoms with Crippen molar-refractivity contribution in [2.45, 2.75) is 70.0 Å². The molecule has 0 aromatic rings. The number of Topliss-reactive ketones (excluding diaryl/α,β-unsaturated/α-hetero) is 2. The van der Waals surface area contributed by atoms with Gasteiger partial charge in [0.05, 0.1) is 4.83 Å². The van der Waals surface area contributed by atoms with E-state index in [1.165, 1.54) is 19.3 Å². The SMILES string of the molecule is C[C@]12CCC(=O)C(Br)C1CC[C@@H]1[C@@H]2CC[C@]2(C)C(=O)CC[C@@H]12. The Morgan fingerprint density at radius 3 is 2.45 bits per heavy atom. The molecule has 7 atom stereocenters. The third-order valence-electron chi connectivity index (χ3n) is 8.22. The summed E-state index contributed by atoms with van der Waals surface area (Å²) in [6.45, 7) is 4.70. The maximum absolute atomic E-state index is 12.4. The maximum Gasteiger partial charge on any atom is 0.146 e. The molecular weight excluding hydrogens is 340 g/mol. The van der Waals surface area contributed by atoms with E-state index in [2.05, 4.69) is 29.8 Å². The molecule has 0 bridgehead atoms. The van der Waals surface area contributed by atoms with E-state index >= 15 is 0 Å². The first-order valence-electron chi connectivity index (χ1n) is 9.08. The second kappa shape index (κ2) is 4.91. The van der Waals surface area contributed by atoms with Crippen molar-refractivity contribution in [3.05, 3.63) is 0 Å². The van der Waals surface area contributed by atoms with E-state index in [-0.39, 0.29) is 10.2 Å². The summed E-state index contributed by atoms with van der Waals surface area (Å²) in [5.74, 6) is 3.51. The van der Waals surface area contributed by atoms with Gasteiger partial charge in [0, 0.05) is 18.3 Å². The van der Waals surface area contributed by atoms with Gasteiger partial charge in [-0.1, -0.05) is 29.8 Å². The molecule has 0 aliphatic heterocycles. The van der Waals surface area contributed by atoms with Gasteiger partial charge >= 0.3 is 0 Å². The number of alkyl halides is 1. The highest BCUT2D eigenvalue weighted by atomic mass is 79.9. The molecule has 0 amide bonds. The largest absolute Gasteiger partial charge is 0.299 e. The summed E-state index contributed by atoms with van der Waals surface area (Å²) in [5, 5.41) is 0. The number of ketones is 2. The topological polar surface area (TPSA) is 34.1 Å². The highest BCUT2D eigenvalue weighted by Crippen LogP contribution is 2.65. The molecule has 0 aromatic heterocycles. The summed E-state index contributed by atoms with van der Waals surface area (Å²) in [6.07, 6.45) is 8.42. The number of hydrogen-bond donors (Lipinski definition) is 0. The molecule has 4 aliphatic rings. The van der Waals surface area contributed by atoms with Crippen LogP contribution in [-0.2, 0) is 9.59 Å². The van der Waals surface area contributed by atoms with Crippen molar-refractivity contribution in [1.29, 1.82) is 0 Å². The van der Waals surface area contributed by atoms with Gasteiger partial charge in [-0.25, -0.2) is 0 Å². The van der Waals surface area contributed by atoms with Crippen molar-refractivity contribution >= 4 is 27.5 Å². The summed E-state index contributed by atoms with van der Waals surface area (Å²) in [7, 11) is 0. The Morgan fingerprint density at radius 1 is 0.909 bits per heavy atom. The van der Waals surface area contributed by atoms with Crippen molar-refractivity contribution in [3.8, 4) is 0 Å². The van der Waals surface area contributed by atoms with Crippen LogP contribution < -0.4 is 0 Å². The van der Waals surface area contributed by atoms with E-state index < -0.39 is 0 Å². The van der Waals surface area contributed by atoms with E-state index in [0.29, 0.717) is 28.8 Å². The van der Waals surface area contributed by atoms with Crippen molar-refractivity contribution in [1.82, 2.24) is 0 Å². The van der Waals surface area contributed by atoms with Crippen LogP contribution in [0.4, 0.5) is 0 Å². The third kappa shape index (κ3) is 1.84. The van der Waals surface area contributed by atoms with Crippen LogP contribution in [0, 0.1) is 34.5 Å². The Kier molecular flexibility index (Phi) is 3.43. The first-order chi connectivity index (χ1) is 10.4. The first kappa shape index (κ1) is 15.4. The van der Waals surface area contributed by atoms with Gasteiger partial charge < -0.3 is 0 Å². The molecule has 0 spiro atoms. The zero-order chi connectivity index (χ0) is 15.7. The highest BCUT2D eigenvalue weighted by Gasteiger charge is 2.61. The molecule has 4 aliphatic carbocycles. The number of carbonyl (C=O) groups is 2. The standard InChI is InChI=1S/C19H27BrO2/c1-18-10-8-15(21)17(20)14(18)4-3-11-12-5-6-16(22)19(12,2)9-7-13(11)18/h11-14,17H,3-10H2,1-2H3/t11-,12-,13-,14?,17?,18+,19-/m0/s1. The van der Waals surface area contributed by atoms with Gasteiger partial charge in [-0.15, -0.1) is 0 Å². The summed E-state index contributed by atoms with van der Waals surface area (Å²) >= 11 is 3.72. The quantitative estimate of drug-likeness (QED) is 0.589. The van der Waals surface area contributed by atoms with Crippen LogP contribution in [0.5, 0.6) is 0 Å². The lowest BCUT2D eigenvalue weighted by Gasteiger charge is -2.60. The fraction of sp³-hybridized carbons (Fsp3) is 0.895. The van der Waals surface area contributed by atoms with Crippen molar-refractivity contribution in [2.75, 3.05) is 0 Å². The van der Waals surface area contributed by atoms with Gasteiger partial charge in [-0.2, -0.15) is 0 Å². The van der Waals surface area contributed by atoms with Gasteiger partial charge in [0.25, 0.3) is 0 Å². The van der Waals surface area contributed by atoms with Crippen LogP contribution in [-0.4, -0.2) is 16.4 Å². The number of hydrogen-bond acceptors (Lipinski definition) is 2. The lowest BCUT2D eigenvalue weighted by molar-refractivity contribution is -0.143. The molecule has 4 rings (SSSR count). The van der Waals surface area contributed by atoms with Gasteiger partial charge in [0.2, 0.25) is 0 Å². The van der Waals surface area contributed by atoms with E-state index in [0.717, 1.165) is 43.9 Å². The predicted molar refractivity (Wildman–Crippen MR) is 89.8 cm³/mol. The molecule has 4 saturated carbocycles. The summed E-state index contributed by atoms with van der Waals surface area (Å²) < 4.78 is 0. The molecule has 4 fully saturated rings. The average Bonchev–Trinajstić information content (AvgIpc) is 2.79. The minimum Gasteiger partial charge on any atom is -0.299 e. The molecular formula is C19H27BrO2. The van der Waals surface area contributed by atoms with Crippen LogP contribution >= 0.6 is 15.9 Å². The Balaban J connectivity index is 1.67. The normalized spacial score (nSPS) is 54.6. The maximum atomic E-state index is 12.4. The second-order valence-corrected chi connectivity index (χ2v) is 9.84. The molecule has 2 nitrogen and oxygen atoms in total. The van der Waals surface area contributed by atoms with Gasteiger partial charge in [0.1, 0.15) is 11.6 Å². The molecule has 0 saturated heterocycles. The van der Waals surface area contributed by atoms with Crippen molar-refractivity contribution < 1.29 is 9.59 Å². The zero-order valence-electron chi connectivity index (χ0n) is 13.7. The first-order valence-corrected chi connectivity index (χ1v) is 9.99. The molecule has 0 N–H and O–H groups in total. The third-order valence-corrected chi connectivity index (χ3v) is 9.37. The highest BCUT2D eigenvalue weighted by molar-refractivity contribution is 9.10. The lowest BCUT2D eigenvalue weighted by Crippen LogP contribution is -2.56. The molecule has 0 aromatic carbocycles. The van der Waals surface area contributed by atoms with E-state index in [1.807, 2.05) is 0 Å². The number of rotatable bonds is 0. The smallest absolute Gasteiger partial charge is 0.146 e. The zero-order valence-corrected chi connectivity index (χ0v) is 15.3. The number of halogens is 1. The Bertz CT molecular complexity index is 530. The minimum absolute atomic E-state index is 0.0251. The van der Waals surface area contributed by atoms with Gasteiger partial charge in [0.15, 0.2) is 0 Å². The summed E-state index contributed by atoms with van der Waals surface area (Å²) in [6, 6.07) is 0. The fourth-order valence-electron chi connectivity index (χ4n) is 6.86. The molecule has 0 radical (unpaired) electrons. The Labute approximate surface area is 141 Å². The number of carbonyl (C=O) groups excluding carboxylic acids is 2. The van der Waals surface area contributed by atoms with Crippen LogP contribution in [0.1, 0.15) is 65.2 Å². The monoisotopic (exact) mass is 366 g/mol. The molecule has 22 heavy (non-hydrogen) atoms. The molecule has 2 unspecified atom stereocenters. The van der Waals surface area contributed by atoms with Crippen LogP contribution in [0.25, 0.3) is 0 Å². The minimum atomic E-state index is -0.0251.